The third-order valence-corrected chi connectivity index (χ3v) is 2.92. The first kappa shape index (κ1) is 18.5. The van der Waals surface area contributed by atoms with E-state index in [0.29, 0.717) is 12.8 Å². The molecule has 0 saturated carbocycles. The molecule has 0 saturated heterocycles. The number of carbonyl (C=O) groups excluding carboxylic acids is 2. The highest BCUT2D eigenvalue weighted by molar-refractivity contribution is 7.59. The summed E-state index contributed by atoms with van der Waals surface area (Å²) in [5.41, 5.74) is 1.08. The van der Waals surface area contributed by atoms with Gasteiger partial charge in [-0.3, -0.25) is 4.79 Å². The van der Waals surface area contributed by atoms with Gasteiger partial charge in [-0.05, 0) is 12.0 Å². The minimum Gasteiger partial charge on any atom is -0.453 e. The van der Waals surface area contributed by atoms with E-state index in [1.54, 1.807) is 0 Å². The molecule has 1 atom stereocenters. The number of alkyl carbamates (subject to hydrolysis) is 1. The molecule has 0 fully saturated rings. The largest absolute Gasteiger partial charge is 0.453 e. The molecule has 0 radical (unpaired) electrons. The molecule has 0 aromatic heterocycles. The van der Waals surface area contributed by atoms with Crippen LogP contribution in [0.15, 0.2) is 30.3 Å². The molecule has 112 valence electrons. The molecule has 0 heterocycles. The van der Waals surface area contributed by atoms with Gasteiger partial charge in [-0.2, -0.15) is 13.5 Å². The normalized spacial score (nSPS) is 11.4. The van der Waals surface area contributed by atoms with Gasteiger partial charge < -0.3 is 10.1 Å². The van der Waals surface area contributed by atoms with Crippen LogP contribution in [-0.4, -0.2) is 25.0 Å². The molecule has 1 aromatic carbocycles. The molecule has 0 spiro atoms. The topological polar surface area (TPSA) is 55.4 Å². The van der Waals surface area contributed by atoms with Gasteiger partial charge in [-0.15, -0.1) is 0 Å². The Bertz CT molecular complexity index is 420. The lowest BCUT2D eigenvalue weighted by molar-refractivity contribution is -0.122. The van der Waals surface area contributed by atoms with Crippen LogP contribution in [0.1, 0.15) is 25.8 Å². The summed E-state index contributed by atoms with van der Waals surface area (Å²) in [5.74, 6) is 0.107. The average molecular weight is 297 g/mol. The Kier molecular flexibility index (Phi) is 8.72. The first-order valence-corrected chi connectivity index (χ1v) is 6.44. The smallest absolute Gasteiger partial charge is 0.407 e. The van der Waals surface area contributed by atoms with E-state index in [-0.39, 0.29) is 31.2 Å². The summed E-state index contributed by atoms with van der Waals surface area (Å²) in [6.45, 7) is 3.72. The zero-order valence-corrected chi connectivity index (χ0v) is 13.2. The van der Waals surface area contributed by atoms with E-state index in [1.807, 2.05) is 44.2 Å². The highest BCUT2D eigenvalue weighted by atomic mass is 32.1. The van der Waals surface area contributed by atoms with Gasteiger partial charge in [-0.1, -0.05) is 44.2 Å². The summed E-state index contributed by atoms with van der Waals surface area (Å²) >= 11 is 0. The van der Waals surface area contributed by atoms with Gasteiger partial charge in [0.15, 0.2) is 0 Å². The van der Waals surface area contributed by atoms with E-state index < -0.39 is 6.09 Å². The van der Waals surface area contributed by atoms with Crippen molar-refractivity contribution in [1.29, 1.82) is 0 Å². The van der Waals surface area contributed by atoms with Gasteiger partial charge in [0.2, 0.25) is 0 Å². The molecular formula is C15H23NO3S. The number of benzene rings is 1. The summed E-state index contributed by atoms with van der Waals surface area (Å²) in [7, 11) is 1.32. The van der Waals surface area contributed by atoms with Gasteiger partial charge in [0, 0.05) is 18.4 Å². The van der Waals surface area contributed by atoms with Crippen molar-refractivity contribution in [2.75, 3.05) is 7.11 Å². The van der Waals surface area contributed by atoms with Crippen molar-refractivity contribution in [3.63, 3.8) is 0 Å². The van der Waals surface area contributed by atoms with Crippen LogP contribution >= 0.6 is 13.5 Å². The third-order valence-electron chi connectivity index (χ3n) is 2.92. The van der Waals surface area contributed by atoms with Crippen LogP contribution in [0.3, 0.4) is 0 Å². The molecule has 1 N–H and O–H groups in total. The summed E-state index contributed by atoms with van der Waals surface area (Å²) in [6.07, 6.45) is 0.438. The van der Waals surface area contributed by atoms with E-state index in [2.05, 4.69) is 10.1 Å². The average Bonchev–Trinajstić information content (AvgIpc) is 2.39. The minimum atomic E-state index is -0.502. The lowest BCUT2D eigenvalue weighted by Crippen LogP contribution is -2.38. The number of nitrogens with one attached hydrogen (secondary N) is 1. The maximum absolute atomic E-state index is 11.8. The molecule has 5 heteroatoms. The van der Waals surface area contributed by atoms with Crippen molar-refractivity contribution < 1.29 is 14.3 Å². The minimum absolute atomic E-state index is 0. The van der Waals surface area contributed by atoms with Crippen molar-refractivity contribution in [3.05, 3.63) is 35.9 Å². The lowest BCUT2D eigenvalue weighted by atomic mass is 9.97. The standard InChI is InChI=1S/C15H21NO3.H2S/c1-11(2)14(17)10-13(16-15(18)19-3)9-12-7-5-4-6-8-12;/h4-8,11,13H,9-10H2,1-3H3,(H,16,18);1H2/t13-;/m0./s1. The highest BCUT2D eigenvalue weighted by Crippen LogP contribution is 2.09. The van der Waals surface area contributed by atoms with Gasteiger partial charge in [0.25, 0.3) is 0 Å². The lowest BCUT2D eigenvalue weighted by Gasteiger charge is -2.18. The van der Waals surface area contributed by atoms with Crippen molar-refractivity contribution in [3.8, 4) is 0 Å². The summed E-state index contributed by atoms with van der Waals surface area (Å²) in [6, 6.07) is 9.54. The van der Waals surface area contributed by atoms with Crippen molar-refractivity contribution >= 4 is 25.4 Å². The van der Waals surface area contributed by atoms with Gasteiger partial charge in [-0.25, -0.2) is 4.79 Å². The first-order valence-electron chi connectivity index (χ1n) is 6.44. The van der Waals surface area contributed by atoms with Crippen molar-refractivity contribution in [1.82, 2.24) is 5.32 Å². The molecular weight excluding hydrogens is 274 g/mol. The summed E-state index contributed by atoms with van der Waals surface area (Å²) in [5, 5.41) is 2.72. The van der Waals surface area contributed by atoms with Crippen molar-refractivity contribution in [2.45, 2.75) is 32.7 Å². The fraction of sp³-hybridized carbons (Fsp3) is 0.467. The first-order chi connectivity index (χ1) is 9.02. The number of ether oxygens (including phenoxy) is 1. The van der Waals surface area contributed by atoms with E-state index >= 15 is 0 Å². The van der Waals surface area contributed by atoms with Crippen molar-refractivity contribution in [2.24, 2.45) is 5.92 Å². The van der Waals surface area contributed by atoms with Crippen LogP contribution in [0, 0.1) is 5.92 Å². The molecule has 20 heavy (non-hydrogen) atoms. The van der Waals surface area contributed by atoms with E-state index in [1.165, 1.54) is 7.11 Å². The highest BCUT2D eigenvalue weighted by Gasteiger charge is 2.18. The molecule has 0 aliphatic rings. The fourth-order valence-corrected chi connectivity index (χ4v) is 1.78. The van der Waals surface area contributed by atoms with Gasteiger partial charge in [0.05, 0.1) is 7.11 Å². The number of amides is 1. The molecule has 1 amide bonds. The predicted octanol–water partition coefficient (Wildman–Crippen LogP) is 2.68. The Morgan fingerprint density at radius 1 is 1.20 bits per heavy atom. The molecule has 4 nitrogen and oxygen atoms in total. The fourth-order valence-electron chi connectivity index (χ4n) is 1.78. The molecule has 0 aliphatic carbocycles. The molecule has 1 rings (SSSR count). The maximum Gasteiger partial charge on any atom is 0.407 e. The van der Waals surface area contributed by atoms with Gasteiger partial charge >= 0.3 is 6.09 Å². The van der Waals surface area contributed by atoms with Gasteiger partial charge in [0.1, 0.15) is 5.78 Å². The maximum atomic E-state index is 11.8. The quantitative estimate of drug-likeness (QED) is 0.878. The Hall–Kier alpha value is -1.49. The van der Waals surface area contributed by atoms with Crippen LogP contribution in [0.4, 0.5) is 4.79 Å². The number of Topliss-reactive ketones (excluding diaryl/α,β-unsaturated/α-hetero) is 1. The number of rotatable bonds is 6. The number of methoxy groups -OCH3 is 1. The van der Waals surface area contributed by atoms with E-state index in [0.717, 1.165) is 5.56 Å². The Labute approximate surface area is 127 Å². The molecule has 0 bridgehead atoms. The number of hydrogen-bond acceptors (Lipinski definition) is 3. The summed E-state index contributed by atoms with van der Waals surface area (Å²) < 4.78 is 4.60. The second kappa shape index (κ2) is 9.42. The zero-order valence-electron chi connectivity index (χ0n) is 12.2. The number of carbonyl (C=O) groups is 2. The molecule has 0 unspecified atom stereocenters. The Morgan fingerprint density at radius 3 is 2.30 bits per heavy atom. The van der Waals surface area contributed by atoms with E-state index in [4.69, 9.17) is 0 Å². The van der Waals surface area contributed by atoms with Crippen LogP contribution < -0.4 is 5.32 Å². The Morgan fingerprint density at radius 2 is 1.80 bits per heavy atom. The van der Waals surface area contributed by atoms with E-state index in [9.17, 15) is 9.59 Å². The number of hydrogen-bond donors (Lipinski definition) is 1. The second-order valence-electron chi connectivity index (χ2n) is 4.85. The van der Waals surface area contributed by atoms with Crippen LogP contribution in [0.25, 0.3) is 0 Å². The van der Waals surface area contributed by atoms with Crippen LogP contribution in [0.2, 0.25) is 0 Å². The third kappa shape index (κ3) is 6.61. The predicted molar refractivity (Wildman–Crippen MR) is 84.3 cm³/mol. The summed E-state index contributed by atoms with van der Waals surface area (Å²) in [4.78, 5) is 23.1. The Balaban J connectivity index is 0.00000361. The molecule has 0 aliphatic heterocycles. The van der Waals surface area contributed by atoms with Crippen LogP contribution in [-0.2, 0) is 16.0 Å². The monoisotopic (exact) mass is 297 g/mol. The van der Waals surface area contributed by atoms with Crippen LogP contribution in [0.5, 0.6) is 0 Å². The number of ketones is 1. The second-order valence-corrected chi connectivity index (χ2v) is 4.85. The SMILES string of the molecule is COC(=O)N[C@H](CC(=O)C(C)C)Cc1ccccc1.S. The molecule has 1 aromatic rings. The zero-order chi connectivity index (χ0) is 14.3.